The highest BCUT2D eigenvalue weighted by Crippen LogP contribution is 2.22. The van der Waals surface area contributed by atoms with Crippen molar-refractivity contribution in [2.24, 2.45) is 5.10 Å². The van der Waals surface area contributed by atoms with Crippen LogP contribution in [0.4, 0.5) is 0 Å². The molecule has 144 valence electrons. The van der Waals surface area contributed by atoms with E-state index >= 15 is 0 Å². The van der Waals surface area contributed by atoms with Gasteiger partial charge in [-0.15, -0.1) is 6.58 Å². The van der Waals surface area contributed by atoms with Crippen molar-refractivity contribution in [1.29, 1.82) is 0 Å². The fraction of sp³-hybridized carbons (Fsp3) is 0.150. The number of benzene rings is 2. The minimum absolute atomic E-state index is 0.176. The number of allylic oxidation sites excluding steroid dienone is 1. The molecule has 0 saturated carbocycles. The smallest absolute Gasteiger partial charge is 0.216 e. The lowest BCUT2D eigenvalue weighted by Gasteiger charge is -2.07. The number of aromatic amines is 1. The predicted molar refractivity (Wildman–Crippen MR) is 113 cm³/mol. The highest BCUT2D eigenvalue weighted by Gasteiger charge is 2.09. The molecule has 0 saturated heterocycles. The molecule has 2 aromatic carbocycles. The van der Waals surface area contributed by atoms with Gasteiger partial charge in [0.05, 0.1) is 12.8 Å². The number of nitrogens with one attached hydrogen (secondary N) is 2. The summed E-state index contributed by atoms with van der Waals surface area (Å²) < 4.78 is 7.37. The fourth-order valence-electron chi connectivity index (χ4n) is 2.64. The van der Waals surface area contributed by atoms with Crippen LogP contribution in [0.1, 0.15) is 18.1 Å². The van der Waals surface area contributed by atoms with Crippen LogP contribution in [0, 0.1) is 4.77 Å². The maximum atomic E-state index is 10.3. The third kappa shape index (κ3) is 4.29. The molecular weight excluding hydrogens is 374 g/mol. The van der Waals surface area contributed by atoms with Crippen molar-refractivity contribution in [1.82, 2.24) is 14.9 Å². The Morgan fingerprint density at radius 3 is 2.82 bits per heavy atom. The minimum Gasteiger partial charge on any atom is -0.507 e. The van der Waals surface area contributed by atoms with Gasteiger partial charge in [-0.25, -0.2) is 10.6 Å². The van der Waals surface area contributed by atoms with Gasteiger partial charge in [0.1, 0.15) is 11.5 Å². The molecule has 0 amide bonds. The van der Waals surface area contributed by atoms with Crippen LogP contribution in [0.5, 0.6) is 11.5 Å². The normalized spacial score (nSPS) is 10.9. The van der Waals surface area contributed by atoms with E-state index in [1.54, 1.807) is 16.8 Å². The topological polar surface area (TPSA) is 87.5 Å². The number of hydrogen-bond acceptors (Lipinski definition) is 6. The second-order valence-corrected chi connectivity index (χ2v) is 6.24. The number of rotatable bonds is 8. The van der Waals surface area contributed by atoms with Gasteiger partial charge in [0, 0.05) is 11.1 Å². The van der Waals surface area contributed by atoms with Crippen LogP contribution in [0.25, 0.3) is 11.4 Å². The van der Waals surface area contributed by atoms with Crippen LogP contribution in [0.3, 0.4) is 0 Å². The maximum absolute atomic E-state index is 10.3. The standard InChI is InChI=1S/C20H21N5O2S/c1-3-6-14-7-5-8-16(18(14)26)13-21-24-25-19(22-23-20(25)28)15-9-11-17(12-10-15)27-4-2/h3,5,7-13,24,26H,1,4,6H2,2H3,(H,23,28)/b21-13-. The van der Waals surface area contributed by atoms with Gasteiger partial charge >= 0.3 is 0 Å². The van der Waals surface area contributed by atoms with Crippen LogP contribution >= 0.6 is 12.2 Å². The molecular formula is C20H21N5O2S. The zero-order chi connectivity index (χ0) is 19.9. The number of phenols is 1. The van der Waals surface area contributed by atoms with Crippen molar-refractivity contribution >= 4 is 18.4 Å². The quantitative estimate of drug-likeness (QED) is 0.232. The lowest BCUT2D eigenvalue weighted by atomic mass is 10.1. The molecule has 1 aromatic heterocycles. The molecule has 0 radical (unpaired) electrons. The molecule has 0 spiro atoms. The number of aromatic nitrogens is 3. The molecule has 0 aliphatic carbocycles. The number of para-hydroxylation sites is 1. The van der Waals surface area contributed by atoms with E-state index in [1.165, 1.54) is 6.21 Å². The summed E-state index contributed by atoms with van der Waals surface area (Å²) in [5.74, 6) is 1.54. The Morgan fingerprint density at radius 2 is 2.11 bits per heavy atom. The summed E-state index contributed by atoms with van der Waals surface area (Å²) in [6, 6.07) is 13.0. The maximum Gasteiger partial charge on any atom is 0.216 e. The first-order chi connectivity index (χ1) is 13.6. The first-order valence-corrected chi connectivity index (χ1v) is 9.16. The Bertz CT molecular complexity index is 1040. The van der Waals surface area contributed by atoms with E-state index in [9.17, 15) is 5.11 Å². The second-order valence-electron chi connectivity index (χ2n) is 5.85. The number of aromatic hydroxyl groups is 1. The van der Waals surface area contributed by atoms with Crippen molar-refractivity contribution in [2.45, 2.75) is 13.3 Å². The van der Waals surface area contributed by atoms with Gasteiger partial charge < -0.3 is 9.84 Å². The molecule has 8 heteroatoms. The predicted octanol–water partition coefficient (Wildman–Crippen LogP) is 4.02. The Kier molecular flexibility index (Phi) is 6.23. The lowest BCUT2D eigenvalue weighted by Crippen LogP contribution is -2.10. The van der Waals surface area contributed by atoms with E-state index < -0.39 is 0 Å². The first kappa shape index (κ1) is 19.4. The summed E-state index contributed by atoms with van der Waals surface area (Å²) in [4.78, 5) is 0. The molecule has 28 heavy (non-hydrogen) atoms. The van der Waals surface area contributed by atoms with E-state index in [1.807, 2.05) is 43.3 Å². The molecule has 1 heterocycles. The third-order valence-corrected chi connectivity index (χ3v) is 4.25. The molecule has 3 aromatic rings. The van der Waals surface area contributed by atoms with Crippen molar-refractivity contribution < 1.29 is 9.84 Å². The Hall–Kier alpha value is -3.39. The third-order valence-electron chi connectivity index (χ3n) is 3.97. The van der Waals surface area contributed by atoms with Gasteiger partial charge in [-0.05, 0) is 61.5 Å². The number of hydrazone groups is 1. The highest BCUT2D eigenvalue weighted by atomic mass is 32.1. The molecule has 0 aliphatic heterocycles. The van der Waals surface area contributed by atoms with E-state index in [2.05, 4.69) is 27.4 Å². The molecule has 0 bridgehead atoms. The van der Waals surface area contributed by atoms with Crippen LogP contribution in [-0.2, 0) is 6.42 Å². The van der Waals surface area contributed by atoms with E-state index in [0.717, 1.165) is 16.9 Å². The van der Waals surface area contributed by atoms with Gasteiger partial charge in [0.2, 0.25) is 4.77 Å². The SMILES string of the molecule is C=CCc1cccc(/C=N\Nn2c(-c3ccc(OCC)cc3)n[nH]c2=S)c1O. The van der Waals surface area contributed by atoms with Crippen LogP contribution in [-0.4, -0.2) is 32.8 Å². The van der Waals surface area contributed by atoms with Crippen LogP contribution in [0.15, 0.2) is 60.2 Å². The molecule has 0 unspecified atom stereocenters. The van der Waals surface area contributed by atoms with E-state index in [-0.39, 0.29) is 5.75 Å². The Labute approximate surface area is 168 Å². The monoisotopic (exact) mass is 395 g/mol. The van der Waals surface area contributed by atoms with Crippen molar-refractivity contribution in [3.8, 4) is 22.9 Å². The average Bonchev–Trinajstić information content (AvgIpc) is 3.06. The van der Waals surface area contributed by atoms with Gasteiger partial charge in [-0.2, -0.15) is 14.9 Å². The van der Waals surface area contributed by atoms with Gasteiger partial charge in [0.25, 0.3) is 0 Å². The number of phenolic OH excluding ortho intramolecular Hbond substituents is 1. The lowest BCUT2D eigenvalue weighted by molar-refractivity contribution is 0.340. The molecule has 0 atom stereocenters. The number of H-pyrrole nitrogens is 1. The fourth-order valence-corrected chi connectivity index (χ4v) is 2.81. The van der Waals surface area contributed by atoms with Crippen molar-refractivity contribution in [3.05, 3.63) is 71.0 Å². The largest absolute Gasteiger partial charge is 0.507 e. The Morgan fingerprint density at radius 1 is 1.32 bits per heavy atom. The van der Waals surface area contributed by atoms with Crippen molar-refractivity contribution in [2.75, 3.05) is 12.1 Å². The van der Waals surface area contributed by atoms with Gasteiger partial charge in [0.15, 0.2) is 5.82 Å². The molecule has 7 nitrogen and oxygen atoms in total. The highest BCUT2D eigenvalue weighted by molar-refractivity contribution is 7.71. The first-order valence-electron chi connectivity index (χ1n) is 8.75. The van der Waals surface area contributed by atoms with E-state index in [0.29, 0.717) is 29.2 Å². The molecule has 3 rings (SSSR count). The number of ether oxygens (including phenoxy) is 1. The Balaban J connectivity index is 1.81. The average molecular weight is 395 g/mol. The summed E-state index contributed by atoms with van der Waals surface area (Å²) >= 11 is 5.27. The van der Waals surface area contributed by atoms with Gasteiger partial charge in [-0.3, -0.25) is 0 Å². The van der Waals surface area contributed by atoms with Crippen LogP contribution in [0.2, 0.25) is 0 Å². The number of nitrogens with zero attached hydrogens (tertiary/aromatic N) is 3. The van der Waals surface area contributed by atoms with Crippen LogP contribution < -0.4 is 10.3 Å². The summed E-state index contributed by atoms with van der Waals surface area (Å²) in [5, 5.41) is 21.5. The minimum atomic E-state index is 0.176. The summed E-state index contributed by atoms with van der Waals surface area (Å²) in [6.45, 7) is 6.24. The molecule has 0 aliphatic rings. The van der Waals surface area contributed by atoms with Crippen molar-refractivity contribution in [3.63, 3.8) is 0 Å². The molecule has 3 N–H and O–H groups in total. The van der Waals surface area contributed by atoms with Gasteiger partial charge in [-0.1, -0.05) is 18.2 Å². The number of hydrogen-bond donors (Lipinski definition) is 3. The molecule has 0 fully saturated rings. The zero-order valence-corrected chi connectivity index (χ0v) is 16.2. The summed E-state index contributed by atoms with van der Waals surface area (Å²) in [7, 11) is 0. The second kappa shape index (κ2) is 9.01. The zero-order valence-electron chi connectivity index (χ0n) is 15.4. The van der Waals surface area contributed by atoms with E-state index in [4.69, 9.17) is 17.0 Å². The summed E-state index contributed by atoms with van der Waals surface area (Å²) in [6.07, 6.45) is 3.84. The summed E-state index contributed by atoms with van der Waals surface area (Å²) in [5.41, 5.74) is 5.07.